The zero-order chi connectivity index (χ0) is 12.8. The predicted octanol–water partition coefficient (Wildman–Crippen LogP) is 2.48. The van der Waals surface area contributed by atoms with E-state index in [0.29, 0.717) is 29.7 Å². The number of benzene rings is 1. The van der Waals surface area contributed by atoms with Gasteiger partial charge in [0.2, 0.25) is 0 Å². The van der Waals surface area contributed by atoms with Gasteiger partial charge in [0, 0.05) is 6.61 Å². The van der Waals surface area contributed by atoms with Crippen LogP contribution in [0.2, 0.25) is 0 Å². The van der Waals surface area contributed by atoms with Crippen molar-refractivity contribution in [3.05, 3.63) is 23.8 Å². The molecule has 0 bridgehead atoms. The summed E-state index contributed by atoms with van der Waals surface area (Å²) in [7, 11) is 0. The van der Waals surface area contributed by atoms with Gasteiger partial charge in [-0.2, -0.15) is 5.26 Å². The Bertz CT molecular complexity index is 434. The Morgan fingerprint density at radius 1 is 1.50 bits per heavy atom. The smallest absolute Gasteiger partial charge is 0.142 e. The number of nitrogens with zero attached hydrogens (tertiary/aromatic N) is 1. The summed E-state index contributed by atoms with van der Waals surface area (Å²) in [4.78, 5) is 0. The quantitative estimate of drug-likeness (QED) is 0.640. The molecule has 1 unspecified atom stereocenters. The maximum absolute atomic E-state index is 8.73. The van der Waals surface area contributed by atoms with Crippen molar-refractivity contribution in [2.24, 2.45) is 0 Å². The van der Waals surface area contributed by atoms with Gasteiger partial charge in [0.05, 0.1) is 30.0 Å². The zero-order valence-corrected chi connectivity index (χ0v) is 10.4. The molecule has 1 aromatic carbocycles. The molecule has 0 radical (unpaired) electrons. The first-order valence-corrected chi connectivity index (χ1v) is 6.33. The summed E-state index contributed by atoms with van der Waals surface area (Å²) in [5.74, 6) is 0.654. The molecular formula is C14H18N2O2. The fraction of sp³-hybridized carbons (Fsp3) is 0.500. The van der Waals surface area contributed by atoms with E-state index in [1.807, 2.05) is 6.07 Å². The second-order valence-electron chi connectivity index (χ2n) is 4.49. The summed E-state index contributed by atoms with van der Waals surface area (Å²) < 4.78 is 11.1. The van der Waals surface area contributed by atoms with Crippen LogP contribution in [0.3, 0.4) is 0 Å². The zero-order valence-electron chi connectivity index (χ0n) is 10.4. The second kappa shape index (κ2) is 6.27. The summed E-state index contributed by atoms with van der Waals surface area (Å²) in [6, 6.07) is 7.15. The third-order valence-electron chi connectivity index (χ3n) is 3.09. The van der Waals surface area contributed by atoms with Crippen molar-refractivity contribution < 1.29 is 9.47 Å². The number of hydrogen-bond donors (Lipinski definition) is 1. The lowest BCUT2D eigenvalue weighted by Gasteiger charge is -2.11. The Hall–Kier alpha value is -1.73. The SMILES string of the molecule is N#Cc1ccc(OCCCC2CCCO2)c(N)c1. The lowest BCUT2D eigenvalue weighted by molar-refractivity contribution is 0.0982. The lowest BCUT2D eigenvalue weighted by atomic mass is 10.1. The van der Waals surface area contributed by atoms with Gasteiger partial charge >= 0.3 is 0 Å². The molecular weight excluding hydrogens is 228 g/mol. The number of nitrogen functional groups attached to an aromatic ring is 1. The van der Waals surface area contributed by atoms with Crippen LogP contribution in [0.25, 0.3) is 0 Å². The van der Waals surface area contributed by atoms with Crippen LogP contribution < -0.4 is 10.5 Å². The fourth-order valence-corrected chi connectivity index (χ4v) is 2.11. The summed E-state index contributed by atoms with van der Waals surface area (Å²) in [6.07, 6.45) is 4.75. The highest BCUT2D eigenvalue weighted by Crippen LogP contribution is 2.23. The van der Waals surface area contributed by atoms with E-state index in [0.717, 1.165) is 19.4 Å². The molecule has 1 fully saturated rings. The third kappa shape index (κ3) is 3.38. The van der Waals surface area contributed by atoms with E-state index < -0.39 is 0 Å². The van der Waals surface area contributed by atoms with Crippen molar-refractivity contribution in [1.29, 1.82) is 5.26 Å². The number of ether oxygens (including phenoxy) is 2. The predicted molar refractivity (Wildman–Crippen MR) is 69.3 cm³/mol. The first-order chi connectivity index (χ1) is 8.79. The number of nitriles is 1. The van der Waals surface area contributed by atoms with E-state index in [4.69, 9.17) is 20.5 Å². The molecule has 0 aliphatic carbocycles. The van der Waals surface area contributed by atoms with Crippen LogP contribution >= 0.6 is 0 Å². The van der Waals surface area contributed by atoms with Crippen LogP contribution in [0.1, 0.15) is 31.2 Å². The molecule has 4 nitrogen and oxygen atoms in total. The standard InChI is InChI=1S/C14H18N2O2/c15-10-11-5-6-14(13(16)9-11)18-8-2-4-12-3-1-7-17-12/h5-6,9,12H,1-4,7-8,16H2. The molecule has 1 aliphatic heterocycles. The van der Waals surface area contributed by atoms with Crippen LogP contribution in [0.15, 0.2) is 18.2 Å². The van der Waals surface area contributed by atoms with E-state index in [-0.39, 0.29) is 0 Å². The maximum atomic E-state index is 8.73. The molecule has 1 atom stereocenters. The second-order valence-corrected chi connectivity index (χ2v) is 4.49. The van der Waals surface area contributed by atoms with Crippen LogP contribution in [0, 0.1) is 11.3 Å². The molecule has 2 rings (SSSR count). The number of hydrogen-bond acceptors (Lipinski definition) is 4. The Kier molecular flexibility index (Phi) is 4.43. The van der Waals surface area contributed by atoms with E-state index in [1.54, 1.807) is 18.2 Å². The van der Waals surface area contributed by atoms with E-state index in [1.165, 1.54) is 12.8 Å². The molecule has 2 N–H and O–H groups in total. The van der Waals surface area contributed by atoms with Crippen LogP contribution in [-0.4, -0.2) is 19.3 Å². The minimum atomic E-state index is 0.409. The molecule has 1 aromatic rings. The van der Waals surface area contributed by atoms with Crippen molar-refractivity contribution in [3.8, 4) is 11.8 Å². The average Bonchev–Trinajstić information content (AvgIpc) is 2.89. The van der Waals surface area contributed by atoms with Crippen molar-refractivity contribution in [2.45, 2.75) is 31.8 Å². The van der Waals surface area contributed by atoms with Gasteiger partial charge in [-0.3, -0.25) is 0 Å². The van der Waals surface area contributed by atoms with Crippen molar-refractivity contribution in [3.63, 3.8) is 0 Å². The van der Waals surface area contributed by atoms with E-state index in [2.05, 4.69) is 0 Å². The minimum absolute atomic E-state index is 0.409. The highest BCUT2D eigenvalue weighted by molar-refractivity contribution is 5.56. The molecule has 0 aromatic heterocycles. The number of anilines is 1. The fourth-order valence-electron chi connectivity index (χ4n) is 2.11. The van der Waals surface area contributed by atoms with Gasteiger partial charge in [0.25, 0.3) is 0 Å². The third-order valence-corrected chi connectivity index (χ3v) is 3.09. The largest absolute Gasteiger partial charge is 0.491 e. The first-order valence-electron chi connectivity index (χ1n) is 6.33. The van der Waals surface area contributed by atoms with Gasteiger partial charge < -0.3 is 15.2 Å². The van der Waals surface area contributed by atoms with Crippen LogP contribution in [0.5, 0.6) is 5.75 Å². The van der Waals surface area contributed by atoms with E-state index in [9.17, 15) is 0 Å². The highest BCUT2D eigenvalue weighted by Gasteiger charge is 2.14. The normalized spacial score (nSPS) is 18.5. The molecule has 1 aliphatic rings. The van der Waals surface area contributed by atoms with Crippen molar-refractivity contribution in [1.82, 2.24) is 0 Å². The Labute approximate surface area is 107 Å². The van der Waals surface area contributed by atoms with Gasteiger partial charge in [-0.15, -0.1) is 0 Å². The topological polar surface area (TPSA) is 68.3 Å². The molecule has 1 heterocycles. The molecule has 96 valence electrons. The first kappa shape index (κ1) is 12.7. The molecule has 0 amide bonds. The van der Waals surface area contributed by atoms with Gasteiger partial charge in [-0.1, -0.05) is 0 Å². The Morgan fingerprint density at radius 3 is 3.06 bits per heavy atom. The van der Waals surface area contributed by atoms with Gasteiger partial charge in [0.15, 0.2) is 0 Å². The molecule has 0 spiro atoms. The summed E-state index contributed by atoms with van der Waals surface area (Å²) in [5, 5.41) is 8.73. The number of nitrogens with two attached hydrogens (primary N) is 1. The Balaban J connectivity index is 1.74. The van der Waals surface area contributed by atoms with Gasteiger partial charge in [-0.25, -0.2) is 0 Å². The molecule has 1 saturated heterocycles. The summed E-state index contributed by atoms with van der Waals surface area (Å²) in [6.45, 7) is 1.53. The lowest BCUT2D eigenvalue weighted by Crippen LogP contribution is -2.08. The summed E-state index contributed by atoms with van der Waals surface area (Å²) in [5.41, 5.74) is 6.87. The minimum Gasteiger partial charge on any atom is -0.491 e. The van der Waals surface area contributed by atoms with Crippen LogP contribution in [0.4, 0.5) is 5.69 Å². The number of rotatable bonds is 5. The summed E-state index contributed by atoms with van der Waals surface area (Å²) >= 11 is 0. The molecule has 4 heteroatoms. The molecule has 0 saturated carbocycles. The Morgan fingerprint density at radius 2 is 2.39 bits per heavy atom. The maximum Gasteiger partial charge on any atom is 0.142 e. The van der Waals surface area contributed by atoms with Crippen molar-refractivity contribution in [2.75, 3.05) is 18.9 Å². The van der Waals surface area contributed by atoms with Crippen LogP contribution in [-0.2, 0) is 4.74 Å². The van der Waals surface area contributed by atoms with Crippen molar-refractivity contribution >= 4 is 5.69 Å². The van der Waals surface area contributed by atoms with Gasteiger partial charge in [0.1, 0.15) is 5.75 Å². The van der Waals surface area contributed by atoms with Gasteiger partial charge in [-0.05, 0) is 43.9 Å². The van der Waals surface area contributed by atoms with E-state index >= 15 is 0 Å². The molecule has 18 heavy (non-hydrogen) atoms. The monoisotopic (exact) mass is 246 g/mol. The average molecular weight is 246 g/mol. The highest BCUT2D eigenvalue weighted by atomic mass is 16.5.